The monoisotopic (exact) mass is 296 g/mol. The second-order valence-electron chi connectivity index (χ2n) is 3.09. The SMILES string of the molecule is CCOC(=O)c1cnn(-c2ncncc2Br)c1. The van der Waals surface area contributed by atoms with Crippen LogP contribution in [0.2, 0.25) is 0 Å². The molecule has 0 radical (unpaired) electrons. The molecule has 0 saturated carbocycles. The fraction of sp³-hybridized carbons (Fsp3) is 0.200. The van der Waals surface area contributed by atoms with Crippen LogP contribution in [-0.4, -0.2) is 32.3 Å². The summed E-state index contributed by atoms with van der Waals surface area (Å²) in [5.74, 6) is 0.166. The standard InChI is InChI=1S/C10H9BrN4O2/c1-2-17-10(16)7-3-14-15(5-7)9-8(11)4-12-6-13-9/h3-6H,2H2,1H3. The van der Waals surface area contributed by atoms with Crippen molar-refractivity contribution in [2.24, 2.45) is 0 Å². The molecule has 0 spiro atoms. The molecule has 6 nitrogen and oxygen atoms in total. The highest BCUT2D eigenvalue weighted by atomic mass is 79.9. The van der Waals surface area contributed by atoms with E-state index in [0.29, 0.717) is 22.5 Å². The first kappa shape index (κ1) is 11.7. The number of hydrogen-bond donors (Lipinski definition) is 0. The molecule has 0 N–H and O–H groups in total. The maximum absolute atomic E-state index is 11.5. The van der Waals surface area contributed by atoms with E-state index in [1.165, 1.54) is 17.2 Å². The van der Waals surface area contributed by atoms with E-state index in [1.807, 2.05) is 0 Å². The Morgan fingerprint density at radius 3 is 3.06 bits per heavy atom. The third-order valence-corrected chi connectivity index (χ3v) is 2.52. The van der Waals surface area contributed by atoms with Crippen LogP contribution in [0.15, 0.2) is 29.4 Å². The van der Waals surface area contributed by atoms with Crippen LogP contribution in [-0.2, 0) is 4.74 Å². The predicted octanol–water partition coefficient (Wildman–Crippen LogP) is 1.60. The van der Waals surface area contributed by atoms with Gasteiger partial charge in [0.1, 0.15) is 6.33 Å². The Morgan fingerprint density at radius 2 is 2.35 bits per heavy atom. The van der Waals surface area contributed by atoms with Gasteiger partial charge in [0.25, 0.3) is 0 Å². The highest BCUT2D eigenvalue weighted by Gasteiger charge is 2.11. The number of carbonyl (C=O) groups excluding carboxylic acids is 1. The summed E-state index contributed by atoms with van der Waals surface area (Å²) in [5.41, 5.74) is 0.386. The van der Waals surface area contributed by atoms with Crippen LogP contribution < -0.4 is 0 Å². The average Bonchev–Trinajstić information content (AvgIpc) is 2.79. The zero-order chi connectivity index (χ0) is 12.3. The van der Waals surface area contributed by atoms with E-state index in [0.717, 1.165) is 0 Å². The number of aromatic nitrogens is 4. The third-order valence-electron chi connectivity index (χ3n) is 1.96. The predicted molar refractivity (Wildman–Crippen MR) is 62.8 cm³/mol. The van der Waals surface area contributed by atoms with E-state index in [4.69, 9.17) is 4.74 Å². The second-order valence-corrected chi connectivity index (χ2v) is 3.94. The Bertz CT molecular complexity index is 541. The lowest BCUT2D eigenvalue weighted by molar-refractivity contribution is 0.0526. The Morgan fingerprint density at radius 1 is 1.53 bits per heavy atom. The quantitative estimate of drug-likeness (QED) is 0.805. The summed E-state index contributed by atoms with van der Waals surface area (Å²) in [5, 5.41) is 4.05. The van der Waals surface area contributed by atoms with Gasteiger partial charge in [0.05, 0.1) is 22.8 Å². The van der Waals surface area contributed by atoms with E-state index < -0.39 is 5.97 Å². The van der Waals surface area contributed by atoms with E-state index in [2.05, 4.69) is 31.0 Å². The fourth-order valence-corrected chi connectivity index (χ4v) is 1.64. The van der Waals surface area contributed by atoms with E-state index in [9.17, 15) is 4.79 Å². The molecule has 2 heterocycles. The van der Waals surface area contributed by atoms with Gasteiger partial charge < -0.3 is 4.74 Å². The molecule has 17 heavy (non-hydrogen) atoms. The van der Waals surface area contributed by atoms with E-state index in [-0.39, 0.29) is 0 Å². The minimum absolute atomic E-state index is 0.335. The number of esters is 1. The Labute approximate surface area is 106 Å². The molecule has 0 fully saturated rings. The smallest absolute Gasteiger partial charge is 0.341 e. The zero-order valence-corrected chi connectivity index (χ0v) is 10.6. The Kier molecular flexibility index (Phi) is 3.48. The van der Waals surface area contributed by atoms with Crippen LogP contribution in [0.1, 0.15) is 17.3 Å². The Hall–Kier alpha value is -1.76. The van der Waals surface area contributed by atoms with Gasteiger partial charge in [-0.25, -0.2) is 19.4 Å². The van der Waals surface area contributed by atoms with Crippen molar-refractivity contribution in [3.63, 3.8) is 0 Å². The number of ether oxygens (including phenoxy) is 1. The average molecular weight is 297 g/mol. The number of halogens is 1. The number of rotatable bonds is 3. The zero-order valence-electron chi connectivity index (χ0n) is 9.00. The minimum atomic E-state index is -0.399. The minimum Gasteiger partial charge on any atom is -0.462 e. The van der Waals surface area contributed by atoms with Crippen molar-refractivity contribution in [3.8, 4) is 5.82 Å². The van der Waals surface area contributed by atoms with Crippen molar-refractivity contribution in [1.82, 2.24) is 19.7 Å². The molecule has 0 atom stereocenters. The van der Waals surface area contributed by atoms with Gasteiger partial charge in [-0.2, -0.15) is 5.10 Å². The molecule has 0 unspecified atom stereocenters. The van der Waals surface area contributed by atoms with Gasteiger partial charge in [-0.05, 0) is 22.9 Å². The molecule has 0 aliphatic rings. The van der Waals surface area contributed by atoms with Gasteiger partial charge in [0, 0.05) is 12.4 Å². The fourth-order valence-electron chi connectivity index (χ4n) is 1.23. The van der Waals surface area contributed by atoms with Gasteiger partial charge >= 0.3 is 5.97 Å². The van der Waals surface area contributed by atoms with Crippen molar-refractivity contribution in [1.29, 1.82) is 0 Å². The summed E-state index contributed by atoms with van der Waals surface area (Å²) < 4.78 is 7.05. The summed E-state index contributed by atoms with van der Waals surface area (Å²) in [6.45, 7) is 2.09. The molecule has 0 aliphatic heterocycles. The molecule has 0 aliphatic carbocycles. The summed E-state index contributed by atoms with van der Waals surface area (Å²) in [6, 6.07) is 0. The van der Waals surface area contributed by atoms with Crippen molar-refractivity contribution in [2.45, 2.75) is 6.92 Å². The van der Waals surface area contributed by atoms with Gasteiger partial charge in [0.15, 0.2) is 5.82 Å². The molecule has 0 bridgehead atoms. The van der Waals surface area contributed by atoms with Crippen LogP contribution in [0.5, 0.6) is 0 Å². The molecule has 0 aromatic carbocycles. The van der Waals surface area contributed by atoms with Crippen LogP contribution in [0.25, 0.3) is 5.82 Å². The second kappa shape index (κ2) is 5.05. The molecular weight excluding hydrogens is 288 g/mol. The summed E-state index contributed by atoms with van der Waals surface area (Å²) in [7, 11) is 0. The number of hydrogen-bond acceptors (Lipinski definition) is 5. The van der Waals surface area contributed by atoms with Gasteiger partial charge in [-0.15, -0.1) is 0 Å². The Balaban J connectivity index is 2.30. The first-order valence-electron chi connectivity index (χ1n) is 4.90. The van der Waals surface area contributed by atoms with Crippen LogP contribution in [0, 0.1) is 0 Å². The third kappa shape index (κ3) is 2.50. The normalized spacial score (nSPS) is 10.2. The maximum Gasteiger partial charge on any atom is 0.341 e. The molecule has 2 rings (SSSR count). The maximum atomic E-state index is 11.5. The van der Waals surface area contributed by atoms with Crippen molar-refractivity contribution < 1.29 is 9.53 Å². The molecule has 0 saturated heterocycles. The van der Waals surface area contributed by atoms with Crippen molar-refractivity contribution in [2.75, 3.05) is 6.61 Å². The van der Waals surface area contributed by atoms with Crippen LogP contribution >= 0.6 is 15.9 Å². The van der Waals surface area contributed by atoms with Crippen LogP contribution in [0.4, 0.5) is 0 Å². The molecule has 0 amide bonds. The van der Waals surface area contributed by atoms with Gasteiger partial charge in [0.2, 0.25) is 0 Å². The summed E-state index contributed by atoms with van der Waals surface area (Å²) >= 11 is 3.31. The lowest BCUT2D eigenvalue weighted by Crippen LogP contribution is -2.03. The highest BCUT2D eigenvalue weighted by molar-refractivity contribution is 9.10. The first-order valence-corrected chi connectivity index (χ1v) is 5.69. The molecule has 2 aromatic rings. The molecular formula is C10H9BrN4O2. The summed E-state index contributed by atoms with van der Waals surface area (Å²) in [4.78, 5) is 19.4. The largest absolute Gasteiger partial charge is 0.462 e. The van der Waals surface area contributed by atoms with Crippen molar-refractivity contribution >= 4 is 21.9 Å². The van der Waals surface area contributed by atoms with Crippen molar-refractivity contribution in [3.05, 3.63) is 35.0 Å². The first-order chi connectivity index (χ1) is 8.22. The van der Waals surface area contributed by atoms with E-state index >= 15 is 0 Å². The molecule has 7 heteroatoms. The number of carbonyl (C=O) groups is 1. The van der Waals surface area contributed by atoms with Gasteiger partial charge in [-0.1, -0.05) is 0 Å². The molecule has 2 aromatic heterocycles. The van der Waals surface area contributed by atoms with E-state index in [1.54, 1.807) is 19.3 Å². The lowest BCUT2D eigenvalue weighted by atomic mass is 10.4. The topological polar surface area (TPSA) is 69.9 Å². The van der Waals surface area contributed by atoms with Crippen LogP contribution in [0.3, 0.4) is 0 Å². The lowest BCUT2D eigenvalue weighted by Gasteiger charge is -2.01. The highest BCUT2D eigenvalue weighted by Crippen LogP contribution is 2.16. The van der Waals surface area contributed by atoms with Gasteiger partial charge in [-0.3, -0.25) is 0 Å². The number of nitrogens with zero attached hydrogens (tertiary/aromatic N) is 4. The molecule has 88 valence electrons. The summed E-state index contributed by atoms with van der Waals surface area (Å²) in [6.07, 6.45) is 6.01.